The van der Waals surface area contributed by atoms with E-state index in [2.05, 4.69) is 17.4 Å². The predicted molar refractivity (Wildman–Crippen MR) is 110 cm³/mol. The highest BCUT2D eigenvalue weighted by Crippen LogP contribution is 2.24. The van der Waals surface area contributed by atoms with Gasteiger partial charge in [-0.05, 0) is 48.2 Å². The molecule has 27 heavy (non-hydrogen) atoms. The zero-order valence-corrected chi connectivity index (χ0v) is 15.2. The maximum absolute atomic E-state index is 12.3. The maximum Gasteiger partial charge on any atom is 0.228 e. The van der Waals surface area contributed by atoms with Crippen LogP contribution in [-0.4, -0.2) is 12.5 Å². The summed E-state index contributed by atoms with van der Waals surface area (Å²) in [6, 6.07) is 25.2. The van der Waals surface area contributed by atoms with Crippen LogP contribution < -0.4 is 15.8 Å². The number of nitrogen functional groups attached to an aromatic ring is 1. The molecule has 4 heteroatoms. The van der Waals surface area contributed by atoms with Gasteiger partial charge in [0.15, 0.2) is 0 Å². The van der Waals surface area contributed by atoms with E-state index in [1.54, 1.807) is 12.1 Å². The molecule has 138 valence electrons. The standard InChI is InChI=1S/C23H24N2O2/c24-20-14-12-19(13-15-20)17-23(26)25-21-10-4-5-11-22(21)27-16-6-9-18-7-2-1-3-8-18/h1-5,7-8,10-15H,6,9,16-17,24H2,(H,25,26). The molecule has 3 rings (SSSR count). The van der Waals surface area contributed by atoms with Crippen LogP contribution in [0.1, 0.15) is 17.5 Å². The van der Waals surface area contributed by atoms with Gasteiger partial charge >= 0.3 is 0 Å². The first-order valence-electron chi connectivity index (χ1n) is 9.11. The number of hydrogen-bond acceptors (Lipinski definition) is 3. The van der Waals surface area contributed by atoms with Gasteiger partial charge < -0.3 is 15.8 Å². The number of para-hydroxylation sites is 2. The fraction of sp³-hybridized carbons (Fsp3) is 0.174. The molecule has 0 atom stereocenters. The topological polar surface area (TPSA) is 64.4 Å². The minimum atomic E-state index is -0.0832. The lowest BCUT2D eigenvalue weighted by molar-refractivity contribution is -0.115. The molecule has 3 N–H and O–H groups in total. The number of benzene rings is 3. The van der Waals surface area contributed by atoms with Crippen molar-refractivity contribution in [3.63, 3.8) is 0 Å². The number of hydrogen-bond donors (Lipinski definition) is 2. The summed E-state index contributed by atoms with van der Waals surface area (Å²) in [7, 11) is 0. The Hall–Kier alpha value is -3.27. The molecule has 0 heterocycles. The number of nitrogens with one attached hydrogen (secondary N) is 1. The summed E-state index contributed by atoms with van der Waals surface area (Å²) >= 11 is 0. The van der Waals surface area contributed by atoms with Crippen LogP contribution in [0.5, 0.6) is 5.75 Å². The molecule has 0 saturated carbocycles. The highest BCUT2D eigenvalue weighted by atomic mass is 16.5. The molecule has 0 aromatic heterocycles. The van der Waals surface area contributed by atoms with E-state index in [0.717, 1.165) is 18.4 Å². The number of ether oxygens (including phenoxy) is 1. The number of carbonyl (C=O) groups excluding carboxylic acids is 1. The van der Waals surface area contributed by atoms with Crippen LogP contribution in [0.2, 0.25) is 0 Å². The summed E-state index contributed by atoms with van der Waals surface area (Å²) in [4.78, 5) is 12.3. The second-order valence-corrected chi connectivity index (χ2v) is 6.40. The van der Waals surface area contributed by atoms with Crippen LogP contribution in [-0.2, 0) is 17.6 Å². The molecule has 0 fully saturated rings. The van der Waals surface area contributed by atoms with Gasteiger partial charge in [-0.1, -0.05) is 54.6 Å². The summed E-state index contributed by atoms with van der Waals surface area (Å²) in [6.07, 6.45) is 2.17. The summed E-state index contributed by atoms with van der Waals surface area (Å²) in [5.74, 6) is 0.608. The molecule has 1 amide bonds. The summed E-state index contributed by atoms with van der Waals surface area (Å²) in [5.41, 5.74) is 9.28. The van der Waals surface area contributed by atoms with E-state index in [9.17, 15) is 4.79 Å². The maximum atomic E-state index is 12.3. The molecule has 0 unspecified atom stereocenters. The SMILES string of the molecule is Nc1ccc(CC(=O)Nc2ccccc2OCCCc2ccccc2)cc1. The number of aryl methyl sites for hydroxylation is 1. The molecule has 0 aliphatic rings. The zero-order valence-electron chi connectivity index (χ0n) is 15.2. The van der Waals surface area contributed by atoms with E-state index in [4.69, 9.17) is 10.5 Å². The Morgan fingerprint density at radius 3 is 2.33 bits per heavy atom. The van der Waals surface area contributed by atoms with Gasteiger partial charge in [0, 0.05) is 5.69 Å². The van der Waals surface area contributed by atoms with Crippen LogP contribution in [0, 0.1) is 0 Å². The quantitative estimate of drug-likeness (QED) is 0.460. The third-order valence-corrected chi connectivity index (χ3v) is 4.22. The van der Waals surface area contributed by atoms with Gasteiger partial charge in [0.1, 0.15) is 5.75 Å². The minimum absolute atomic E-state index is 0.0832. The third kappa shape index (κ3) is 5.89. The predicted octanol–water partition coefficient (Wildman–Crippen LogP) is 4.46. The Kier molecular flexibility index (Phi) is 6.47. The highest BCUT2D eigenvalue weighted by Gasteiger charge is 2.08. The van der Waals surface area contributed by atoms with Gasteiger partial charge in [0.05, 0.1) is 18.7 Å². The summed E-state index contributed by atoms with van der Waals surface area (Å²) in [6.45, 7) is 0.597. The van der Waals surface area contributed by atoms with Gasteiger partial charge in [0.25, 0.3) is 0 Å². The molecule has 3 aromatic carbocycles. The van der Waals surface area contributed by atoms with Gasteiger partial charge in [-0.15, -0.1) is 0 Å². The van der Waals surface area contributed by atoms with E-state index in [1.807, 2.05) is 54.6 Å². The van der Waals surface area contributed by atoms with Crippen LogP contribution in [0.3, 0.4) is 0 Å². The van der Waals surface area contributed by atoms with E-state index in [0.29, 0.717) is 30.2 Å². The van der Waals surface area contributed by atoms with Crippen molar-refractivity contribution in [2.75, 3.05) is 17.7 Å². The Morgan fingerprint density at radius 2 is 1.56 bits per heavy atom. The fourth-order valence-electron chi connectivity index (χ4n) is 2.81. The van der Waals surface area contributed by atoms with Crippen LogP contribution >= 0.6 is 0 Å². The van der Waals surface area contributed by atoms with Crippen molar-refractivity contribution >= 4 is 17.3 Å². The normalized spacial score (nSPS) is 10.4. The van der Waals surface area contributed by atoms with Gasteiger partial charge in [0.2, 0.25) is 5.91 Å². The zero-order chi connectivity index (χ0) is 18.9. The number of nitrogens with two attached hydrogens (primary N) is 1. The summed E-state index contributed by atoms with van der Waals surface area (Å²) in [5, 5.41) is 2.94. The molecule has 0 spiro atoms. The lowest BCUT2D eigenvalue weighted by atomic mass is 10.1. The molecule has 0 saturated heterocycles. The van der Waals surface area contributed by atoms with Gasteiger partial charge in [-0.25, -0.2) is 0 Å². The first-order valence-corrected chi connectivity index (χ1v) is 9.11. The molecule has 0 aliphatic carbocycles. The number of amides is 1. The molecular weight excluding hydrogens is 336 g/mol. The van der Waals surface area contributed by atoms with Crippen LogP contribution in [0.25, 0.3) is 0 Å². The first-order chi connectivity index (χ1) is 13.2. The van der Waals surface area contributed by atoms with E-state index >= 15 is 0 Å². The van der Waals surface area contributed by atoms with E-state index < -0.39 is 0 Å². The summed E-state index contributed by atoms with van der Waals surface area (Å²) < 4.78 is 5.89. The van der Waals surface area contributed by atoms with Crippen molar-refractivity contribution in [2.45, 2.75) is 19.3 Å². The molecule has 0 aliphatic heterocycles. The number of anilines is 2. The van der Waals surface area contributed by atoms with Gasteiger partial charge in [-0.2, -0.15) is 0 Å². The Bertz CT molecular complexity index is 861. The van der Waals surface area contributed by atoms with Crippen molar-refractivity contribution < 1.29 is 9.53 Å². The fourth-order valence-corrected chi connectivity index (χ4v) is 2.81. The van der Waals surface area contributed by atoms with Crippen molar-refractivity contribution in [1.82, 2.24) is 0 Å². The lowest BCUT2D eigenvalue weighted by Gasteiger charge is -2.12. The second kappa shape index (κ2) is 9.43. The Morgan fingerprint density at radius 1 is 0.852 bits per heavy atom. The monoisotopic (exact) mass is 360 g/mol. The van der Waals surface area contributed by atoms with E-state index in [1.165, 1.54) is 5.56 Å². The van der Waals surface area contributed by atoms with Crippen molar-refractivity contribution in [1.29, 1.82) is 0 Å². The van der Waals surface area contributed by atoms with E-state index in [-0.39, 0.29) is 5.91 Å². The van der Waals surface area contributed by atoms with Crippen molar-refractivity contribution in [3.05, 3.63) is 90.0 Å². The lowest BCUT2D eigenvalue weighted by Crippen LogP contribution is -2.15. The molecule has 0 radical (unpaired) electrons. The molecule has 3 aromatic rings. The van der Waals surface area contributed by atoms with Crippen molar-refractivity contribution in [3.8, 4) is 5.75 Å². The van der Waals surface area contributed by atoms with Crippen LogP contribution in [0.15, 0.2) is 78.9 Å². The highest BCUT2D eigenvalue weighted by molar-refractivity contribution is 5.93. The number of rotatable bonds is 8. The largest absolute Gasteiger partial charge is 0.491 e. The average molecular weight is 360 g/mol. The second-order valence-electron chi connectivity index (χ2n) is 6.40. The van der Waals surface area contributed by atoms with Gasteiger partial charge in [-0.3, -0.25) is 4.79 Å². The Balaban J connectivity index is 1.52. The smallest absolute Gasteiger partial charge is 0.228 e. The Labute approximate surface area is 160 Å². The number of carbonyl (C=O) groups is 1. The molecule has 0 bridgehead atoms. The van der Waals surface area contributed by atoms with Crippen LogP contribution in [0.4, 0.5) is 11.4 Å². The average Bonchev–Trinajstić information content (AvgIpc) is 2.69. The molecular formula is C23H24N2O2. The van der Waals surface area contributed by atoms with Crippen molar-refractivity contribution in [2.24, 2.45) is 0 Å². The third-order valence-electron chi connectivity index (χ3n) is 4.22. The minimum Gasteiger partial charge on any atom is -0.491 e. The molecule has 4 nitrogen and oxygen atoms in total. The first kappa shape index (κ1) is 18.5.